The Labute approximate surface area is 406 Å². The number of hydrogen-bond acceptors (Lipinski definition) is 0. The van der Waals surface area contributed by atoms with E-state index in [0.717, 1.165) is 10.8 Å². The fraction of sp³-hybridized carbons (Fsp3) is 0. The summed E-state index contributed by atoms with van der Waals surface area (Å²) < 4.78 is 0. The quantitative estimate of drug-likeness (QED) is 0.124. The molecule has 0 N–H and O–H groups in total. The summed E-state index contributed by atoms with van der Waals surface area (Å²) >= 11 is 0. The van der Waals surface area contributed by atoms with Crippen molar-refractivity contribution in [2.45, 2.75) is 0 Å². The molecule has 0 nitrogen and oxygen atoms in total. The lowest BCUT2D eigenvalue weighted by molar-refractivity contribution is 1.73. The molecule has 0 saturated heterocycles. The normalized spacial score (nSPS) is 11.8. The topological polar surface area (TPSA) is 0 Å². The fourth-order valence-corrected chi connectivity index (χ4v) is 9.47. The Balaban J connectivity index is 1.50. The smallest absolute Gasteiger partial charge is 0.110 e. The summed E-state index contributed by atoms with van der Waals surface area (Å²) in [5, 5.41) is 3.37. The van der Waals surface area contributed by atoms with Crippen molar-refractivity contribution >= 4 is 333 Å². The van der Waals surface area contributed by atoms with E-state index >= 15 is 0 Å². The second-order valence-electron chi connectivity index (χ2n) is 16.1. The van der Waals surface area contributed by atoms with Crippen LogP contribution in [0.1, 0.15) is 0 Å². The predicted molar refractivity (Wildman–Crippen MR) is 303 cm³/mol. The molecule has 0 spiro atoms. The summed E-state index contributed by atoms with van der Waals surface area (Å²) in [5.74, 6) is 0. The first kappa shape index (κ1) is 45.8. The highest BCUT2D eigenvalue weighted by molar-refractivity contribution is 6.76. The van der Waals surface area contributed by atoms with Crippen LogP contribution >= 0.6 is 0 Å². The molecular formula is C44H7B21. The largest absolute Gasteiger partial charge is 0.115 e. The Kier molecular flexibility index (Phi) is 11.2. The van der Waals surface area contributed by atoms with E-state index in [-0.39, 0.29) is 169 Å². The van der Waals surface area contributed by atoms with Crippen molar-refractivity contribution in [1.82, 2.24) is 0 Å². The van der Waals surface area contributed by atoms with Crippen LogP contribution < -0.4 is 115 Å². The van der Waals surface area contributed by atoms with Crippen LogP contribution in [0.3, 0.4) is 0 Å². The fourth-order valence-electron chi connectivity index (χ4n) is 9.47. The Hall–Kier alpha value is -4.36. The maximum absolute atomic E-state index is 7.27. The molecule has 0 unspecified atom stereocenters. The lowest BCUT2D eigenvalue weighted by atomic mass is 9.55. The lowest BCUT2D eigenvalue weighted by Gasteiger charge is -2.32. The Morgan fingerprint density at radius 3 is 0.800 bits per heavy atom. The van der Waals surface area contributed by atoms with E-state index in [1.54, 1.807) is 0 Å². The van der Waals surface area contributed by atoms with Crippen LogP contribution in [0, 0.1) is 0 Å². The standard InChI is InChI=1S/C44H7B21/c45-24-17(31(52)32(53)19-18(24)33(54)34(55)20(25(19)46)21-26(47)22-23(36(57)35(21)56)38(59)44(65)43(64)37(22)58)12-15-13(27(48)39(60)41(62)29(15)50)11(10-6-5-8-3-1-2-4-9(8)7-10)14-16(12)30(51)42(63)40(61)28(14)49/h1-7H. The van der Waals surface area contributed by atoms with Crippen LogP contribution in [-0.2, 0) is 0 Å². The summed E-state index contributed by atoms with van der Waals surface area (Å²) in [6.07, 6.45) is 0. The highest BCUT2D eigenvalue weighted by Crippen LogP contribution is 2.40. The maximum Gasteiger partial charge on any atom is 0.115 e. The third kappa shape index (κ3) is 6.14. The van der Waals surface area contributed by atoms with E-state index in [1.807, 2.05) is 42.5 Å². The molecule has 0 amide bonds. The van der Waals surface area contributed by atoms with Crippen LogP contribution in [-0.4, -0.2) is 165 Å². The van der Waals surface area contributed by atoms with Gasteiger partial charge in [-0.3, -0.25) is 0 Å². The van der Waals surface area contributed by atoms with Gasteiger partial charge in [0.15, 0.2) is 0 Å². The van der Waals surface area contributed by atoms with Gasteiger partial charge in [-0.15, -0.1) is 32.8 Å². The third-order valence-electron chi connectivity index (χ3n) is 12.9. The average molecular weight is 763 g/mol. The van der Waals surface area contributed by atoms with Crippen LogP contribution in [0.4, 0.5) is 0 Å². The van der Waals surface area contributed by atoms with Crippen molar-refractivity contribution in [3.63, 3.8) is 0 Å². The summed E-state index contributed by atoms with van der Waals surface area (Å²) in [6.45, 7) is 0. The highest BCUT2D eigenvalue weighted by atomic mass is 14.3. The van der Waals surface area contributed by atoms with Crippen LogP contribution in [0.5, 0.6) is 0 Å². The number of rotatable bonds is 3. The van der Waals surface area contributed by atoms with E-state index < -0.39 is 0 Å². The molecule has 9 aromatic carbocycles. The molecule has 21 heteroatoms. The molecule has 0 aliphatic rings. The van der Waals surface area contributed by atoms with Gasteiger partial charge in [0.25, 0.3) is 0 Å². The molecule has 9 aromatic rings. The van der Waals surface area contributed by atoms with Crippen molar-refractivity contribution in [2.24, 2.45) is 0 Å². The Morgan fingerprint density at radius 1 is 0.185 bits per heavy atom. The van der Waals surface area contributed by atoms with Gasteiger partial charge in [0.2, 0.25) is 0 Å². The molecule has 65 heavy (non-hydrogen) atoms. The van der Waals surface area contributed by atoms with Crippen molar-refractivity contribution < 1.29 is 0 Å². The second-order valence-corrected chi connectivity index (χ2v) is 16.1. The molecule has 0 bridgehead atoms. The SMILES string of the molecule is [B]c1c([B])c([B])c2c([B])c(-c3c([B])c([B])c4c([B])c(-c5c6c([B])c([B])c([B])c([B])c6c(-c6ccc7ccccc7c6)c6c([B])c([B])c([B])c([B])c56)c([B])c([B])c4c3[B])c([B])c([B])c2c1[B]. The van der Waals surface area contributed by atoms with Gasteiger partial charge in [0, 0.05) is 0 Å². The van der Waals surface area contributed by atoms with E-state index in [1.165, 1.54) is 0 Å². The minimum atomic E-state index is -0.133. The van der Waals surface area contributed by atoms with E-state index in [2.05, 4.69) is 0 Å². The zero-order valence-corrected chi connectivity index (χ0v) is 34.7. The monoisotopic (exact) mass is 766 g/mol. The Morgan fingerprint density at radius 2 is 0.446 bits per heavy atom. The summed E-state index contributed by atoms with van der Waals surface area (Å²) in [6, 6.07) is 13.5. The average Bonchev–Trinajstić information content (AvgIpc) is 3.29. The molecule has 0 atom stereocenters. The first-order chi connectivity index (χ1) is 30.6. The molecule has 246 valence electrons. The predicted octanol–water partition coefficient (Wildman–Crippen LogP) is -12.9. The Bertz CT molecular complexity index is 3650. The van der Waals surface area contributed by atoms with Crippen LogP contribution in [0.2, 0.25) is 0 Å². The third-order valence-corrected chi connectivity index (χ3v) is 12.9. The molecule has 0 aliphatic heterocycles. The number of fused-ring (bicyclic) bond motifs is 5. The van der Waals surface area contributed by atoms with Gasteiger partial charge in [-0.1, -0.05) is 118 Å². The van der Waals surface area contributed by atoms with Crippen LogP contribution in [0.25, 0.3) is 87.2 Å². The molecular weight excluding hydrogens is 756 g/mol. The molecule has 0 aromatic heterocycles. The van der Waals surface area contributed by atoms with Gasteiger partial charge in [-0.2, -0.15) is 0 Å². The van der Waals surface area contributed by atoms with Gasteiger partial charge < -0.3 is 0 Å². The van der Waals surface area contributed by atoms with Gasteiger partial charge in [-0.05, 0) is 93.3 Å². The molecule has 42 radical (unpaired) electrons. The molecule has 0 fully saturated rings. The van der Waals surface area contributed by atoms with Crippen molar-refractivity contribution in [2.75, 3.05) is 0 Å². The minimum Gasteiger partial charge on any atom is -0.110 e. The zero-order valence-electron chi connectivity index (χ0n) is 34.7. The second kappa shape index (κ2) is 15.9. The van der Waals surface area contributed by atoms with E-state index in [0.29, 0.717) is 21.9 Å². The van der Waals surface area contributed by atoms with Crippen molar-refractivity contribution in [3.05, 3.63) is 42.5 Å². The van der Waals surface area contributed by atoms with Crippen molar-refractivity contribution in [1.29, 1.82) is 0 Å². The van der Waals surface area contributed by atoms with Gasteiger partial charge in [0.1, 0.15) is 165 Å². The highest BCUT2D eigenvalue weighted by Gasteiger charge is 2.29. The van der Waals surface area contributed by atoms with Crippen molar-refractivity contribution in [3.8, 4) is 33.4 Å². The molecule has 0 saturated carbocycles. The summed E-state index contributed by atoms with van der Waals surface area (Å²) in [4.78, 5) is 0. The lowest BCUT2D eigenvalue weighted by Crippen LogP contribution is -2.53. The first-order valence-corrected chi connectivity index (χ1v) is 19.6. The first-order valence-electron chi connectivity index (χ1n) is 19.6. The summed E-state index contributed by atoms with van der Waals surface area (Å²) in [7, 11) is 142. The minimum absolute atomic E-state index is 0.00272. The van der Waals surface area contributed by atoms with Gasteiger partial charge in [0.05, 0.1) is 0 Å². The molecule has 9 rings (SSSR count). The van der Waals surface area contributed by atoms with E-state index in [9.17, 15) is 0 Å². The van der Waals surface area contributed by atoms with E-state index in [4.69, 9.17) is 165 Å². The number of hydrogen-bond donors (Lipinski definition) is 0. The molecule has 0 heterocycles. The van der Waals surface area contributed by atoms with Crippen LogP contribution in [0.15, 0.2) is 42.5 Å². The maximum atomic E-state index is 7.27. The van der Waals surface area contributed by atoms with Gasteiger partial charge >= 0.3 is 0 Å². The summed E-state index contributed by atoms with van der Waals surface area (Å²) in [5.41, 5.74) is 0.460. The zero-order chi connectivity index (χ0) is 47.3. The number of benzene rings is 9. The van der Waals surface area contributed by atoms with Gasteiger partial charge in [-0.25, -0.2) is 0 Å². The molecule has 0 aliphatic carbocycles.